The molecule has 6 nitrogen and oxygen atoms in total. The van der Waals surface area contributed by atoms with Crippen molar-refractivity contribution in [1.29, 1.82) is 0 Å². The highest BCUT2D eigenvalue weighted by Crippen LogP contribution is 2.30. The van der Waals surface area contributed by atoms with Crippen LogP contribution in [-0.2, 0) is 14.6 Å². The van der Waals surface area contributed by atoms with Gasteiger partial charge in [-0.25, -0.2) is 13.2 Å². The molecule has 0 saturated carbocycles. The van der Waals surface area contributed by atoms with Crippen LogP contribution >= 0.6 is 34.7 Å². The number of rotatable bonds is 3. The Hall–Kier alpha value is -1.03. The lowest BCUT2D eigenvalue weighted by molar-refractivity contribution is -0.113. The van der Waals surface area contributed by atoms with Crippen molar-refractivity contribution in [2.75, 3.05) is 11.6 Å². The molecule has 0 radical (unpaired) electrons. The molecule has 0 spiro atoms. The highest BCUT2D eigenvalue weighted by Gasteiger charge is 2.36. The average Bonchev–Trinajstić information content (AvgIpc) is 2.87. The predicted octanol–water partition coefficient (Wildman–Crippen LogP) is 2.05. The zero-order valence-corrected chi connectivity index (χ0v) is 13.3. The summed E-state index contributed by atoms with van der Waals surface area (Å²) in [6.07, 6.45) is 0.977. The van der Waals surface area contributed by atoms with Gasteiger partial charge in [-0.05, 0) is 11.4 Å². The number of carbonyl (C=O) groups is 2. The number of Topliss-reactive ketones (excluding diaryl/α,β-unsaturated/α-hetero) is 1. The fourth-order valence-corrected chi connectivity index (χ4v) is 4.43. The Balaban J connectivity index is 2.00. The summed E-state index contributed by atoms with van der Waals surface area (Å²) in [5, 5.41) is 7.81. The van der Waals surface area contributed by atoms with Crippen LogP contribution in [0, 0.1) is 0 Å². The summed E-state index contributed by atoms with van der Waals surface area (Å²) >= 11 is 7.93. The number of nitrogens with one attached hydrogen (secondary N) is 2. The van der Waals surface area contributed by atoms with Crippen molar-refractivity contribution in [3.63, 3.8) is 0 Å². The number of thioether (sulfide) groups is 1. The lowest BCUT2D eigenvalue weighted by Crippen LogP contribution is -2.34. The third-order valence-electron chi connectivity index (χ3n) is 2.29. The molecule has 0 fully saturated rings. The summed E-state index contributed by atoms with van der Waals surface area (Å²) in [6, 6.07) is 0.963. The van der Waals surface area contributed by atoms with Gasteiger partial charge in [-0.2, -0.15) is 0 Å². The molecule has 0 aromatic carbocycles. The molecule has 0 aliphatic carbocycles. The zero-order chi connectivity index (χ0) is 14.9. The number of urea groups is 1. The van der Waals surface area contributed by atoms with Crippen LogP contribution in [0.25, 0.3) is 0 Å². The second-order valence-corrected chi connectivity index (χ2v) is 8.81. The van der Waals surface area contributed by atoms with Gasteiger partial charge in [-0.15, -0.1) is 23.1 Å². The van der Waals surface area contributed by atoms with E-state index in [4.69, 9.17) is 11.6 Å². The van der Waals surface area contributed by atoms with Gasteiger partial charge in [-0.3, -0.25) is 4.79 Å². The molecule has 0 saturated heterocycles. The molecule has 2 amide bonds. The average molecular weight is 353 g/mol. The highest BCUT2D eigenvalue weighted by atomic mass is 35.5. The summed E-state index contributed by atoms with van der Waals surface area (Å²) < 4.78 is 21.9. The van der Waals surface area contributed by atoms with E-state index in [1.54, 1.807) is 11.4 Å². The molecule has 1 aliphatic rings. The Kier molecular flexibility index (Phi) is 4.43. The van der Waals surface area contributed by atoms with Crippen LogP contribution in [0.2, 0.25) is 4.34 Å². The largest absolute Gasteiger partial charge is 0.323 e. The van der Waals surface area contributed by atoms with Gasteiger partial charge in [0.05, 0.1) is 11.4 Å². The molecule has 1 aromatic heterocycles. The number of ketones is 1. The van der Waals surface area contributed by atoms with Crippen molar-refractivity contribution in [2.24, 2.45) is 0 Å². The molecule has 1 unspecified atom stereocenters. The number of carbonyl (C=O) groups excluding carboxylic acids is 2. The number of anilines is 1. The number of allylic oxidation sites excluding steroid dienone is 1. The van der Waals surface area contributed by atoms with Gasteiger partial charge in [0.1, 0.15) is 4.34 Å². The predicted molar refractivity (Wildman–Crippen MR) is 80.8 cm³/mol. The van der Waals surface area contributed by atoms with Crippen LogP contribution in [0.1, 0.15) is 0 Å². The molecule has 1 aromatic rings. The van der Waals surface area contributed by atoms with Crippen LogP contribution in [-0.4, -0.2) is 31.1 Å². The van der Waals surface area contributed by atoms with Crippen LogP contribution < -0.4 is 10.6 Å². The van der Waals surface area contributed by atoms with Gasteiger partial charge in [0.2, 0.25) is 5.78 Å². The van der Waals surface area contributed by atoms with Crippen LogP contribution in [0.5, 0.6) is 0 Å². The Labute approximate surface area is 128 Å². The van der Waals surface area contributed by atoms with Crippen molar-refractivity contribution in [2.45, 2.75) is 4.58 Å². The number of hydrogen-bond acceptors (Lipinski definition) is 6. The summed E-state index contributed by atoms with van der Waals surface area (Å²) in [5.41, 5.74) is 0.377. The number of thiophene rings is 1. The SMILES string of the molecule is CS(=O)(=O)C1SC=C(NC(=O)Nc2ccsc2Cl)C1=O. The van der Waals surface area contributed by atoms with Gasteiger partial charge in [0, 0.05) is 11.7 Å². The first-order valence-electron chi connectivity index (χ1n) is 5.19. The van der Waals surface area contributed by atoms with E-state index in [9.17, 15) is 18.0 Å². The van der Waals surface area contributed by atoms with Crippen molar-refractivity contribution in [3.8, 4) is 0 Å². The van der Waals surface area contributed by atoms with E-state index in [1.807, 2.05) is 0 Å². The Morgan fingerprint density at radius 1 is 1.40 bits per heavy atom. The second kappa shape index (κ2) is 5.76. The van der Waals surface area contributed by atoms with Gasteiger partial charge in [0.25, 0.3) is 0 Å². The second-order valence-electron chi connectivity index (χ2n) is 3.88. The maximum atomic E-state index is 11.8. The highest BCUT2D eigenvalue weighted by molar-refractivity contribution is 8.16. The van der Waals surface area contributed by atoms with Crippen molar-refractivity contribution in [1.82, 2.24) is 5.32 Å². The van der Waals surface area contributed by atoms with E-state index in [2.05, 4.69) is 10.6 Å². The van der Waals surface area contributed by atoms with E-state index in [0.29, 0.717) is 10.0 Å². The molecular weight excluding hydrogens is 344 g/mol. The van der Waals surface area contributed by atoms with Crippen molar-refractivity contribution < 1.29 is 18.0 Å². The van der Waals surface area contributed by atoms with E-state index in [1.165, 1.54) is 16.7 Å². The molecule has 1 aliphatic heterocycles. The van der Waals surface area contributed by atoms with Gasteiger partial charge in [-0.1, -0.05) is 11.6 Å². The van der Waals surface area contributed by atoms with Gasteiger partial charge < -0.3 is 10.6 Å². The smallest absolute Gasteiger partial charge is 0.305 e. The fourth-order valence-electron chi connectivity index (χ4n) is 1.42. The molecule has 2 rings (SSSR count). The van der Waals surface area contributed by atoms with Crippen LogP contribution in [0.4, 0.5) is 10.5 Å². The quantitative estimate of drug-likeness (QED) is 0.868. The minimum Gasteiger partial charge on any atom is -0.305 e. The molecule has 108 valence electrons. The summed E-state index contributed by atoms with van der Waals surface area (Å²) in [5.74, 6) is -0.635. The van der Waals surface area contributed by atoms with E-state index >= 15 is 0 Å². The zero-order valence-electron chi connectivity index (χ0n) is 10.0. The number of sulfone groups is 1. The number of amides is 2. The number of halogens is 1. The monoisotopic (exact) mass is 352 g/mol. The summed E-state index contributed by atoms with van der Waals surface area (Å²) in [4.78, 5) is 23.5. The number of hydrogen-bond donors (Lipinski definition) is 2. The van der Waals surface area contributed by atoms with Gasteiger partial charge >= 0.3 is 6.03 Å². The molecule has 1 atom stereocenters. The molecule has 10 heteroatoms. The minimum absolute atomic E-state index is 0.0470. The maximum absolute atomic E-state index is 11.8. The third kappa shape index (κ3) is 3.35. The van der Waals surface area contributed by atoms with E-state index < -0.39 is 26.2 Å². The van der Waals surface area contributed by atoms with Crippen LogP contribution in [0.3, 0.4) is 0 Å². The lowest BCUT2D eigenvalue weighted by atomic mass is 10.3. The molecule has 2 heterocycles. The van der Waals surface area contributed by atoms with Gasteiger partial charge in [0.15, 0.2) is 14.4 Å². The molecular formula is C10H9ClN2O4S3. The van der Waals surface area contributed by atoms with Crippen molar-refractivity contribution >= 4 is 62.0 Å². The summed E-state index contributed by atoms with van der Waals surface area (Å²) in [7, 11) is -3.51. The normalized spacial score (nSPS) is 18.8. The first kappa shape index (κ1) is 15.4. The molecule has 20 heavy (non-hydrogen) atoms. The lowest BCUT2D eigenvalue weighted by Gasteiger charge is -2.08. The topological polar surface area (TPSA) is 92.3 Å². The Morgan fingerprint density at radius 3 is 2.60 bits per heavy atom. The van der Waals surface area contributed by atoms with Crippen molar-refractivity contribution in [3.05, 3.63) is 26.9 Å². The Bertz CT molecular complexity index is 695. The third-order valence-corrected chi connectivity index (χ3v) is 6.67. The Morgan fingerprint density at radius 2 is 2.10 bits per heavy atom. The van der Waals surface area contributed by atoms with Crippen LogP contribution in [0.15, 0.2) is 22.6 Å². The molecule has 0 bridgehead atoms. The summed E-state index contributed by atoms with van der Waals surface area (Å²) in [6.45, 7) is 0. The fraction of sp³-hybridized carbons (Fsp3) is 0.200. The van der Waals surface area contributed by atoms with E-state index in [0.717, 1.165) is 18.0 Å². The molecule has 2 N–H and O–H groups in total. The standard InChI is InChI=1S/C10H9ClN2O4S3/c1-20(16,17)9-7(14)6(4-19-9)13-10(15)12-5-2-3-18-8(5)11/h2-4,9H,1H3,(H2,12,13,15). The first-order valence-corrected chi connectivity index (χ1v) is 9.34. The first-order chi connectivity index (χ1) is 9.29. The maximum Gasteiger partial charge on any atom is 0.323 e. The van der Waals surface area contributed by atoms with E-state index in [-0.39, 0.29) is 5.70 Å². The minimum atomic E-state index is -3.51.